The monoisotopic (exact) mass is 282 g/mol. The number of carbonyl (C=O) groups is 1. The number of carbonyl (C=O) groups excluding carboxylic acids is 1. The van der Waals surface area contributed by atoms with Crippen LogP contribution in [0.3, 0.4) is 0 Å². The molecule has 0 fully saturated rings. The highest BCUT2D eigenvalue weighted by atomic mass is 127. The predicted octanol–water partition coefficient (Wildman–Crippen LogP) is -4.49. The van der Waals surface area contributed by atoms with E-state index in [1.807, 2.05) is 6.92 Å². The largest absolute Gasteiger partial charge is 1.00 e. The van der Waals surface area contributed by atoms with Crippen LogP contribution in [0.15, 0.2) is 4.99 Å². The molecule has 1 heterocycles. The summed E-state index contributed by atoms with van der Waals surface area (Å²) in [7, 11) is 1.35. The Balaban J connectivity index is 0.00000121. The minimum atomic E-state index is -0.351. The summed E-state index contributed by atoms with van der Waals surface area (Å²) in [6, 6.07) is 0. The van der Waals surface area contributed by atoms with Crippen LogP contribution in [0, 0.1) is 0 Å². The lowest BCUT2D eigenvalue weighted by molar-refractivity contribution is -0.489. The fourth-order valence-corrected chi connectivity index (χ4v) is 1.01. The maximum absolute atomic E-state index is 11.0. The van der Waals surface area contributed by atoms with Gasteiger partial charge in [-0.1, -0.05) is 0 Å². The van der Waals surface area contributed by atoms with Crippen LogP contribution in [0.1, 0.15) is 13.8 Å². The van der Waals surface area contributed by atoms with E-state index in [1.165, 1.54) is 7.11 Å². The molecule has 0 amide bonds. The van der Waals surface area contributed by atoms with Crippen molar-refractivity contribution < 1.29 is 38.5 Å². The average molecular weight is 282 g/mol. The van der Waals surface area contributed by atoms with Crippen LogP contribution >= 0.6 is 0 Å². The summed E-state index contributed by atoms with van der Waals surface area (Å²) in [5.41, 5.74) is 1.18. The van der Waals surface area contributed by atoms with Gasteiger partial charge in [0.25, 0.3) is 0 Å². The Kier molecular flexibility index (Phi) is 4.36. The van der Waals surface area contributed by atoms with Gasteiger partial charge in [-0.2, -0.15) is 0 Å². The number of esters is 1. The summed E-state index contributed by atoms with van der Waals surface area (Å²) in [5.74, 6) is -0.351. The van der Waals surface area contributed by atoms with Crippen molar-refractivity contribution in [2.24, 2.45) is 4.99 Å². The molecule has 4 nitrogen and oxygen atoms in total. The number of halogens is 1. The molecule has 0 saturated carbocycles. The summed E-state index contributed by atoms with van der Waals surface area (Å²) in [4.78, 5) is 18.0. The van der Waals surface area contributed by atoms with Crippen LogP contribution in [0.2, 0.25) is 0 Å². The number of hydrogen-bond donors (Lipinski definition) is 1. The van der Waals surface area contributed by atoms with Gasteiger partial charge in [-0.05, 0) is 6.92 Å². The molecule has 1 rings (SSSR count). The molecule has 1 aliphatic heterocycles. The molecule has 1 atom stereocenters. The van der Waals surface area contributed by atoms with E-state index in [9.17, 15) is 4.79 Å². The fourth-order valence-electron chi connectivity index (χ4n) is 1.01. The molecule has 0 aliphatic carbocycles. The lowest BCUT2D eigenvalue weighted by Gasteiger charge is -1.90. The van der Waals surface area contributed by atoms with Gasteiger partial charge in [0.1, 0.15) is 5.71 Å². The third-order valence-corrected chi connectivity index (χ3v) is 1.49. The van der Waals surface area contributed by atoms with Crippen LogP contribution in [0.4, 0.5) is 0 Å². The van der Waals surface area contributed by atoms with E-state index in [1.54, 1.807) is 6.92 Å². The Hall–Kier alpha value is -0.460. The Bertz CT molecular complexity index is 248. The van der Waals surface area contributed by atoms with Gasteiger partial charge < -0.3 is 28.7 Å². The van der Waals surface area contributed by atoms with Crippen molar-refractivity contribution >= 4 is 17.4 Å². The quantitative estimate of drug-likeness (QED) is 0.389. The Morgan fingerprint density at radius 3 is 2.58 bits per heavy atom. The molecule has 0 bridgehead atoms. The molecule has 0 aromatic rings. The number of hydrogen-bond acceptors (Lipinski definition) is 3. The summed E-state index contributed by atoms with van der Waals surface area (Å²) in [6.45, 7) is 3.65. The van der Waals surface area contributed by atoms with Crippen LogP contribution in [-0.4, -0.2) is 30.7 Å². The minimum absolute atomic E-state index is 0. The summed E-state index contributed by atoms with van der Waals surface area (Å²) in [5, 5.41) is 0. The first-order valence-corrected chi connectivity index (χ1v) is 3.41. The van der Waals surface area contributed by atoms with E-state index in [2.05, 4.69) is 14.7 Å². The molecule has 0 aromatic heterocycles. The Labute approximate surface area is 88.1 Å². The van der Waals surface area contributed by atoms with Gasteiger partial charge in [0.05, 0.1) is 7.11 Å². The number of nitrogens with one attached hydrogen (secondary N) is 1. The van der Waals surface area contributed by atoms with Crippen molar-refractivity contribution in [2.75, 3.05) is 7.11 Å². The maximum Gasteiger partial charge on any atom is 0.404 e. The van der Waals surface area contributed by atoms with E-state index in [0.717, 1.165) is 0 Å². The van der Waals surface area contributed by atoms with Crippen molar-refractivity contribution in [1.82, 2.24) is 0 Å². The number of ether oxygens (including phenoxy) is 1. The smallest absolute Gasteiger partial charge is 0.404 e. The first kappa shape index (κ1) is 11.5. The van der Waals surface area contributed by atoms with Crippen molar-refractivity contribution in [3.63, 3.8) is 0 Å². The second-order valence-electron chi connectivity index (χ2n) is 2.40. The number of rotatable bonds is 1. The molecule has 5 heteroatoms. The molecule has 0 spiro atoms. The van der Waals surface area contributed by atoms with Crippen molar-refractivity contribution in [2.45, 2.75) is 20.0 Å². The van der Waals surface area contributed by atoms with Gasteiger partial charge in [-0.25, -0.2) is 14.8 Å². The summed E-state index contributed by atoms with van der Waals surface area (Å²) in [6.07, 6.45) is -0.0101. The molecule has 1 N–H and O–H groups in total. The van der Waals surface area contributed by atoms with E-state index < -0.39 is 0 Å². The number of methoxy groups -OCH3 is 1. The predicted molar refractivity (Wildman–Crippen MR) is 40.6 cm³/mol. The zero-order valence-corrected chi connectivity index (χ0v) is 9.38. The zero-order valence-electron chi connectivity index (χ0n) is 7.22. The third kappa shape index (κ3) is 2.26. The highest BCUT2D eigenvalue weighted by Crippen LogP contribution is 1.90. The summed E-state index contributed by atoms with van der Waals surface area (Å²) < 4.78 is 4.53. The molecule has 0 aromatic carbocycles. The molecule has 68 valence electrons. The van der Waals surface area contributed by atoms with Crippen molar-refractivity contribution in [1.29, 1.82) is 0 Å². The maximum atomic E-state index is 11.0. The van der Waals surface area contributed by atoms with Gasteiger partial charge in [-0.3, -0.25) is 0 Å². The lowest BCUT2D eigenvalue weighted by Crippen LogP contribution is -3.00. The molecule has 0 radical (unpaired) electrons. The first-order valence-electron chi connectivity index (χ1n) is 3.41. The standard InChI is InChI=1S/C7H10N2O2.HI/c1-4-6(7(10)11-3)9-5(2)8-4;/h5H,1-3H3;1H. The molecular formula is C7H11IN2O2. The average Bonchev–Trinajstić information content (AvgIpc) is 2.28. The van der Waals surface area contributed by atoms with Crippen molar-refractivity contribution in [3.05, 3.63) is 0 Å². The molecule has 1 unspecified atom stereocenters. The molecule has 1 aliphatic rings. The Morgan fingerprint density at radius 2 is 2.25 bits per heavy atom. The zero-order chi connectivity index (χ0) is 8.43. The summed E-state index contributed by atoms with van der Waals surface area (Å²) >= 11 is 0. The number of aliphatic imine (C=N–C) groups is 1. The molecule has 12 heavy (non-hydrogen) atoms. The Morgan fingerprint density at radius 1 is 1.67 bits per heavy atom. The number of nitrogens with zero attached hydrogens (tertiary/aromatic N) is 1. The molecule has 0 saturated heterocycles. The van der Waals surface area contributed by atoms with Crippen molar-refractivity contribution in [3.8, 4) is 0 Å². The van der Waals surface area contributed by atoms with E-state index in [0.29, 0.717) is 11.4 Å². The lowest BCUT2D eigenvalue weighted by atomic mass is 10.3. The third-order valence-electron chi connectivity index (χ3n) is 1.49. The highest BCUT2D eigenvalue weighted by Gasteiger charge is 2.28. The van der Waals surface area contributed by atoms with E-state index >= 15 is 0 Å². The SMILES string of the molecule is COC(=O)C1=[NH+]C(C)N=C1C.[I-]. The van der Waals surface area contributed by atoms with E-state index in [-0.39, 0.29) is 36.1 Å². The highest BCUT2D eigenvalue weighted by molar-refractivity contribution is 6.63. The van der Waals surface area contributed by atoms with Gasteiger partial charge in [0, 0.05) is 6.92 Å². The molecular weight excluding hydrogens is 271 g/mol. The van der Waals surface area contributed by atoms with E-state index in [4.69, 9.17) is 0 Å². The first-order chi connectivity index (χ1) is 5.15. The minimum Gasteiger partial charge on any atom is -1.00 e. The normalized spacial score (nSPS) is 20.8. The van der Waals surface area contributed by atoms with Gasteiger partial charge in [0.15, 0.2) is 0 Å². The van der Waals surface area contributed by atoms with Crippen LogP contribution in [-0.2, 0) is 9.53 Å². The van der Waals surface area contributed by atoms with Gasteiger partial charge in [-0.15, -0.1) is 0 Å². The van der Waals surface area contributed by atoms with Gasteiger partial charge in [0.2, 0.25) is 6.17 Å². The van der Waals surface area contributed by atoms with Crippen LogP contribution in [0.25, 0.3) is 0 Å². The van der Waals surface area contributed by atoms with Crippen LogP contribution < -0.4 is 29.0 Å². The fraction of sp³-hybridized carbons (Fsp3) is 0.571. The second kappa shape index (κ2) is 4.54. The topological polar surface area (TPSA) is 52.6 Å². The van der Waals surface area contributed by atoms with Gasteiger partial charge >= 0.3 is 11.7 Å². The van der Waals surface area contributed by atoms with Crippen LogP contribution in [0.5, 0.6) is 0 Å². The second-order valence-corrected chi connectivity index (χ2v) is 2.40.